The molecular weight excluding hydrogens is 288 g/mol. The van der Waals surface area contributed by atoms with Crippen molar-refractivity contribution in [1.29, 1.82) is 0 Å². The molecular formula is C12H10BrClN2. The standard InChI is InChI=1S/C12H10BrClN2/c1-8-2-3-10(14)5-12(8)16-11-4-9(13)6-15-7-11/h2-7,16H,1H3. The van der Waals surface area contributed by atoms with Crippen LogP contribution in [0.5, 0.6) is 0 Å². The summed E-state index contributed by atoms with van der Waals surface area (Å²) in [5, 5.41) is 4.00. The van der Waals surface area contributed by atoms with E-state index in [2.05, 4.69) is 26.2 Å². The Morgan fingerprint density at radius 1 is 1.25 bits per heavy atom. The number of pyridine rings is 1. The molecule has 16 heavy (non-hydrogen) atoms. The average molecular weight is 298 g/mol. The fraction of sp³-hybridized carbons (Fsp3) is 0.0833. The van der Waals surface area contributed by atoms with Crippen molar-refractivity contribution in [1.82, 2.24) is 4.98 Å². The number of hydrogen-bond donors (Lipinski definition) is 1. The maximum atomic E-state index is 5.95. The van der Waals surface area contributed by atoms with Crippen LogP contribution in [0.3, 0.4) is 0 Å². The summed E-state index contributed by atoms with van der Waals surface area (Å²) in [7, 11) is 0. The number of aromatic nitrogens is 1. The topological polar surface area (TPSA) is 24.9 Å². The van der Waals surface area contributed by atoms with Crippen LogP contribution in [0.4, 0.5) is 11.4 Å². The molecule has 0 spiro atoms. The van der Waals surface area contributed by atoms with Gasteiger partial charge in [-0.05, 0) is 46.6 Å². The van der Waals surface area contributed by atoms with Gasteiger partial charge in [-0.1, -0.05) is 17.7 Å². The summed E-state index contributed by atoms with van der Waals surface area (Å²) in [5.74, 6) is 0. The molecule has 0 saturated carbocycles. The van der Waals surface area contributed by atoms with Gasteiger partial charge in [-0.2, -0.15) is 0 Å². The van der Waals surface area contributed by atoms with E-state index in [9.17, 15) is 0 Å². The minimum Gasteiger partial charge on any atom is -0.354 e. The molecule has 2 aromatic rings. The first-order chi connectivity index (χ1) is 7.65. The molecule has 0 saturated heterocycles. The molecule has 1 aromatic carbocycles. The summed E-state index contributed by atoms with van der Waals surface area (Å²) in [4.78, 5) is 4.09. The second-order valence-electron chi connectivity index (χ2n) is 3.48. The van der Waals surface area contributed by atoms with Crippen LogP contribution in [-0.2, 0) is 0 Å². The Hall–Kier alpha value is -1.06. The third-order valence-corrected chi connectivity index (χ3v) is 2.85. The SMILES string of the molecule is Cc1ccc(Cl)cc1Nc1cncc(Br)c1. The molecule has 2 nitrogen and oxygen atoms in total. The number of halogens is 2. The zero-order valence-corrected chi connectivity index (χ0v) is 11.0. The van der Waals surface area contributed by atoms with Gasteiger partial charge in [-0.3, -0.25) is 4.98 Å². The Morgan fingerprint density at radius 3 is 2.81 bits per heavy atom. The minimum absolute atomic E-state index is 0.719. The Balaban J connectivity index is 2.30. The quantitative estimate of drug-likeness (QED) is 0.879. The van der Waals surface area contributed by atoms with Crippen LogP contribution >= 0.6 is 27.5 Å². The van der Waals surface area contributed by atoms with E-state index in [0.717, 1.165) is 26.4 Å². The molecule has 0 fully saturated rings. The van der Waals surface area contributed by atoms with Crippen LogP contribution in [0.1, 0.15) is 5.56 Å². The van der Waals surface area contributed by atoms with E-state index in [0.29, 0.717) is 0 Å². The molecule has 0 amide bonds. The highest BCUT2D eigenvalue weighted by molar-refractivity contribution is 9.10. The van der Waals surface area contributed by atoms with E-state index in [1.165, 1.54) is 0 Å². The van der Waals surface area contributed by atoms with Gasteiger partial charge in [0.15, 0.2) is 0 Å². The monoisotopic (exact) mass is 296 g/mol. The van der Waals surface area contributed by atoms with Crippen molar-refractivity contribution in [2.24, 2.45) is 0 Å². The van der Waals surface area contributed by atoms with Crippen LogP contribution in [0.2, 0.25) is 5.02 Å². The van der Waals surface area contributed by atoms with Crippen LogP contribution in [0, 0.1) is 6.92 Å². The number of aryl methyl sites for hydroxylation is 1. The fourth-order valence-corrected chi connectivity index (χ4v) is 1.90. The molecule has 0 aliphatic carbocycles. The van der Waals surface area contributed by atoms with E-state index >= 15 is 0 Å². The third-order valence-electron chi connectivity index (χ3n) is 2.18. The molecule has 0 aliphatic rings. The second-order valence-corrected chi connectivity index (χ2v) is 4.83. The Kier molecular flexibility index (Phi) is 3.46. The molecule has 0 atom stereocenters. The van der Waals surface area contributed by atoms with Gasteiger partial charge in [0.25, 0.3) is 0 Å². The number of hydrogen-bond acceptors (Lipinski definition) is 2. The van der Waals surface area contributed by atoms with Gasteiger partial charge < -0.3 is 5.32 Å². The van der Waals surface area contributed by atoms with Crippen molar-refractivity contribution in [2.45, 2.75) is 6.92 Å². The van der Waals surface area contributed by atoms with Crippen LogP contribution in [0.15, 0.2) is 41.1 Å². The number of rotatable bonds is 2. The van der Waals surface area contributed by atoms with Crippen molar-refractivity contribution in [3.8, 4) is 0 Å². The van der Waals surface area contributed by atoms with Crippen LogP contribution < -0.4 is 5.32 Å². The number of nitrogens with one attached hydrogen (secondary N) is 1. The Labute approximate surface area is 108 Å². The fourth-order valence-electron chi connectivity index (χ4n) is 1.36. The summed E-state index contributed by atoms with van der Waals surface area (Å²) in [6, 6.07) is 7.72. The van der Waals surface area contributed by atoms with Crippen molar-refractivity contribution in [2.75, 3.05) is 5.32 Å². The van der Waals surface area contributed by atoms with Gasteiger partial charge >= 0.3 is 0 Å². The smallest absolute Gasteiger partial charge is 0.0582 e. The maximum absolute atomic E-state index is 5.95. The lowest BCUT2D eigenvalue weighted by Crippen LogP contribution is -1.93. The normalized spacial score (nSPS) is 10.2. The zero-order chi connectivity index (χ0) is 11.5. The maximum Gasteiger partial charge on any atom is 0.0582 e. The van der Waals surface area contributed by atoms with Gasteiger partial charge in [-0.25, -0.2) is 0 Å². The molecule has 1 N–H and O–H groups in total. The van der Waals surface area contributed by atoms with Gasteiger partial charge in [0, 0.05) is 21.4 Å². The molecule has 1 aromatic heterocycles. The Bertz CT molecular complexity index is 514. The van der Waals surface area contributed by atoms with Crippen LogP contribution in [0.25, 0.3) is 0 Å². The van der Waals surface area contributed by atoms with Gasteiger partial charge in [0.05, 0.1) is 11.9 Å². The highest BCUT2D eigenvalue weighted by Gasteiger charge is 2.00. The highest BCUT2D eigenvalue weighted by Crippen LogP contribution is 2.24. The van der Waals surface area contributed by atoms with E-state index in [-0.39, 0.29) is 0 Å². The van der Waals surface area contributed by atoms with Gasteiger partial charge in [-0.15, -0.1) is 0 Å². The second kappa shape index (κ2) is 4.85. The summed E-state index contributed by atoms with van der Waals surface area (Å²) in [6.45, 7) is 2.03. The van der Waals surface area contributed by atoms with Crippen LogP contribution in [-0.4, -0.2) is 4.98 Å². The lowest BCUT2D eigenvalue weighted by molar-refractivity contribution is 1.30. The molecule has 0 radical (unpaired) electrons. The predicted molar refractivity (Wildman–Crippen MR) is 71.4 cm³/mol. The van der Waals surface area contributed by atoms with Crippen molar-refractivity contribution >= 4 is 38.9 Å². The number of anilines is 2. The predicted octanol–water partition coefficient (Wildman–Crippen LogP) is 4.55. The molecule has 0 unspecified atom stereocenters. The summed E-state index contributed by atoms with van der Waals surface area (Å²) in [6.07, 6.45) is 3.51. The summed E-state index contributed by atoms with van der Waals surface area (Å²) < 4.78 is 0.942. The molecule has 82 valence electrons. The van der Waals surface area contributed by atoms with Crippen molar-refractivity contribution in [3.05, 3.63) is 51.7 Å². The van der Waals surface area contributed by atoms with E-state index in [1.807, 2.05) is 31.2 Å². The molecule has 0 bridgehead atoms. The first-order valence-electron chi connectivity index (χ1n) is 4.79. The average Bonchev–Trinajstić information content (AvgIpc) is 2.24. The summed E-state index contributed by atoms with van der Waals surface area (Å²) in [5.41, 5.74) is 3.07. The largest absolute Gasteiger partial charge is 0.354 e. The number of nitrogens with zero attached hydrogens (tertiary/aromatic N) is 1. The van der Waals surface area contributed by atoms with Crippen molar-refractivity contribution < 1.29 is 0 Å². The van der Waals surface area contributed by atoms with Gasteiger partial charge in [0.1, 0.15) is 0 Å². The lowest BCUT2D eigenvalue weighted by atomic mass is 10.2. The van der Waals surface area contributed by atoms with E-state index in [1.54, 1.807) is 12.4 Å². The lowest BCUT2D eigenvalue weighted by Gasteiger charge is -2.09. The molecule has 0 aliphatic heterocycles. The van der Waals surface area contributed by atoms with E-state index < -0.39 is 0 Å². The highest BCUT2D eigenvalue weighted by atomic mass is 79.9. The summed E-state index contributed by atoms with van der Waals surface area (Å²) >= 11 is 9.33. The van der Waals surface area contributed by atoms with Crippen molar-refractivity contribution in [3.63, 3.8) is 0 Å². The molecule has 2 rings (SSSR count). The zero-order valence-electron chi connectivity index (χ0n) is 8.67. The molecule has 1 heterocycles. The first-order valence-corrected chi connectivity index (χ1v) is 5.96. The van der Waals surface area contributed by atoms with E-state index in [4.69, 9.17) is 11.6 Å². The third kappa shape index (κ3) is 2.74. The first kappa shape index (κ1) is 11.4. The van der Waals surface area contributed by atoms with Gasteiger partial charge in [0.2, 0.25) is 0 Å². The molecule has 4 heteroatoms. The number of benzene rings is 1. The Morgan fingerprint density at radius 2 is 2.06 bits per heavy atom. The minimum atomic E-state index is 0.719.